The molecule has 0 fully saturated rings. The van der Waals surface area contributed by atoms with Gasteiger partial charge in [0.05, 0.1) is 0 Å². The molecule has 0 heterocycles. The first kappa shape index (κ1) is 13.3. The van der Waals surface area contributed by atoms with E-state index in [1.807, 2.05) is 6.08 Å². The quantitative estimate of drug-likeness (QED) is 0.311. The standard InChI is InChI=1S/C14H19N3/c1-14(2,3)13-9-6-8-12(11-13)7-4-5-10-16-17-15/h4,6-9,11H,5,10H2,1-3H3. The number of hydrogen-bond donors (Lipinski definition) is 0. The largest absolute Gasteiger partial charge is 0.0937 e. The number of nitrogens with zero attached hydrogens (tertiary/aromatic N) is 3. The van der Waals surface area contributed by atoms with Crippen molar-refractivity contribution in [3.05, 3.63) is 51.9 Å². The molecule has 3 heteroatoms. The smallest absolute Gasteiger partial charge is 0.0292 e. The van der Waals surface area contributed by atoms with Crippen molar-refractivity contribution in [3.63, 3.8) is 0 Å². The molecule has 0 aliphatic carbocycles. The average Bonchev–Trinajstić information content (AvgIpc) is 2.28. The molecule has 0 N–H and O–H groups in total. The lowest BCUT2D eigenvalue weighted by Gasteiger charge is -2.19. The Hall–Kier alpha value is -1.73. The van der Waals surface area contributed by atoms with Crippen molar-refractivity contribution in [2.24, 2.45) is 5.11 Å². The number of azide groups is 1. The minimum atomic E-state index is 0.176. The maximum atomic E-state index is 8.14. The molecule has 3 nitrogen and oxygen atoms in total. The van der Waals surface area contributed by atoms with Crippen LogP contribution in [0.1, 0.15) is 38.3 Å². The minimum Gasteiger partial charge on any atom is -0.0937 e. The van der Waals surface area contributed by atoms with Crippen LogP contribution in [0.25, 0.3) is 16.5 Å². The SMILES string of the molecule is CC(C)(C)c1cccc(C=CCCN=[N+]=[N-])c1. The Labute approximate surface area is 103 Å². The molecule has 0 atom stereocenters. The second-order valence-electron chi connectivity index (χ2n) is 5.02. The Morgan fingerprint density at radius 2 is 2.12 bits per heavy atom. The highest BCUT2D eigenvalue weighted by atomic mass is 15.1. The molecule has 0 bridgehead atoms. The first-order valence-electron chi connectivity index (χ1n) is 5.82. The van der Waals surface area contributed by atoms with Crippen LogP contribution >= 0.6 is 0 Å². The van der Waals surface area contributed by atoms with Gasteiger partial charge in [-0.15, -0.1) is 0 Å². The fourth-order valence-corrected chi connectivity index (χ4v) is 1.51. The Morgan fingerprint density at radius 1 is 1.35 bits per heavy atom. The third kappa shape index (κ3) is 4.75. The van der Waals surface area contributed by atoms with Gasteiger partial charge in [0.1, 0.15) is 0 Å². The first-order chi connectivity index (χ1) is 8.04. The van der Waals surface area contributed by atoms with Gasteiger partial charge in [-0.1, -0.05) is 62.3 Å². The summed E-state index contributed by atoms with van der Waals surface area (Å²) in [5.41, 5.74) is 10.8. The summed E-state index contributed by atoms with van der Waals surface area (Å²) in [7, 11) is 0. The van der Waals surface area contributed by atoms with E-state index in [9.17, 15) is 0 Å². The van der Waals surface area contributed by atoms with E-state index in [2.05, 4.69) is 61.1 Å². The van der Waals surface area contributed by atoms with Crippen LogP contribution in [0, 0.1) is 0 Å². The molecule has 0 aromatic heterocycles. The van der Waals surface area contributed by atoms with Crippen molar-refractivity contribution in [3.8, 4) is 0 Å². The summed E-state index contributed by atoms with van der Waals surface area (Å²) in [6, 6.07) is 8.51. The highest BCUT2D eigenvalue weighted by Gasteiger charge is 2.12. The lowest BCUT2D eigenvalue weighted by Crippen LogP contribution is -2.10. The van der Waals surface area contributed by atoms with Crippen LogP contribution < -0.4 is 0 Å². The van der Waals surface area contributed by atoms with Crippen LogP contribution in [0.15, 0.2) is 35.5 Å². The zero-order valence-corrected chi connectivity index (χ0v) is 10.7. The molecule has 0 spiro atoms. The predicted molar refractivity (Wildman–Crippen MR) is 72.8 cm³/mol. The maximum Gasteiger partial charge on any atom is 0.0292 e. The molecule has 0 amide bonds. The van der Waals surface area contributed by atoms with Crippen molar-refractivity contribution in [1.29, 1.82) is 0 Å². The Morgan fingerprint density at radius 3 is 2.76 bits per heavy atom. The van der Waals surface area contributed by atoms with Gasteiger partial charge in [-0.25, -0.2) is 0 Å². The van der Waals surface area contributed by atoms with E-state index < -0.39 is 0 Å². The normalized spacial score (nSPS) is 11.5. The van der Waals surface area contributed by atoms with Gasteiger partial charge in [0.25, 0.3) is 0 Å². The molecule has 1 rings (SSSR count). The Balaban J connectivity index is 2.69. The van der Waals surface area contributed by atoms with Gasteiger partial charge in [-0.05, 0) is 28.5 Å². The van der Waals surface area contributed by atoms with Crippen LogP contribution in [-0.4, -0.2) is 6.54 Å². The molecular weight excluding hydrogens is 210 g/mol. The number of hydrogen-bond acceptors (Lipinski definition) is 1. The minimum absolute atomic E-state index is 0.176. The molecule has 1 aromatic carbocycles. The molecule has 0 aliphatic rings. The molecule has 90 valence electrons. The first-order valence-corrected chi connectivity index (χ1v) is 5.82. The van der Waals surface area contributed by atoms with Gasteiger partial charge in [0.15, 0.2) is 0 Å². The van der Waals surface area contributed by atoms with Crippen molar-refractivity contribution in [2.75, 3.05) is 6.54 Å². The molecule has 0 unspecified atom stereocenters. The number of rotatable bonds is 4. The third-order valence-corrected chi connectivity index (χ3v) is 2.52. The van der Waals surface area contributed by atoms with Gasteiger partial charge in [-0.2, -0.15) is 0 Å². The van der Waals surface area contributed by atoms with E-state index in [1.165, 1.54) is 11.1 Å². The van der Waals surface area contributed by atoms with Crippen LogP contribution in [0.3, 0.4) is 0 Å². The van der Waals surface area contributed by atoms with E-state index in [1.54, 1.807) is 0 Å². The lowest BCUT2D eigenvalue weighted by molar-refractivity contribution is 0.590. The second kappa shape index (κ2) is 6.12. The summed E-state index contributed by atoms with van der Waals surface area (Å²) in [6.07, 6.45) is 4.89. The molecule has 0 radical (unpaired) electrons. The van der Waals surface area contributed by atoms with Crippen LogP contribution in [-0.2, 0) is 5.41 Å². The van der Waals surface area contributed by atoms with E-state index in [0.29, 0.717) is 6.54 Å². The van der Waals surface area contributed by atoms with Crippen LogP contribution in [0.2, 0.25) is 0 Å². The second-order valence-corrected chi connectivity index (χ2v) is 5.02. The lowest BCUT2D eigenvalue weighted by atomic mass is 9.86. The van der Waals surface area contributed by atoms with Gasteiger partial charge in [0.2, 0.25) is 0 Å². The Kier molecular flexibility index (Phi) is 4.80. The monoisotopic (exact) mass is 229 g/mol. The zero-order chi connectivity index (χ0) is 12.7. The fraction of sp³-hybridized carbons (Fsp3) is 0.429. The average molecular weight is 229 g/mol. The maximum absolute atomic E-state index is 8.14. The van der Waals surface area contributed by atoms with Gasteiger partial charge < -0.3 is 0 Å². The van der Waals surface area contributed by atoms with Crippen molar-refractivity contribution < 1.29 is 0 Å². The van der Waals surface area contributed by atoms with E-state index >= 15 is 0 Å². The van der Waals surface area contributed by atoms with Gasteiger partial charge >= 0.3 is 0 Å². The van der Waals surface area contributed by atoms with Gasteiger partial charge in [-0.3, -0.25) is 0 Å². The molecular formula is C14H19N3. The molecule has 0 aliphatic heterocycles. The molecule has 1 aromatic rings. The summed E-state index contributed by atoms with van der Waals surface area (Å²) in [5, 5.41) is 3.49. The van der Waals surface area contributed by atoms with Crippen molar-refractivity contribution in [2.45, 2.75) is 32.6 Å². The summed E-state index contributed by atoms with van der Waals surface area (Å²) >= 11 is 0. The van der Waals surface area contributed by atoms with Crippen LogP contribution in [0.4, 0.5) is 0 Å². The summed E-state index contributed by atoms with van der Waals surface area (Å²) in [5.74, 6) is 0. The summed E-state index contributed by atoms with van der Waals surface area (Å²) in [6.45, 7) is 7.14. The van der Waals surface area contributed by atoms with E-state index in [-0.39, 0.29) is 5.41 Å². The third-order valence-electron chi connectivity index (χ3n) is 2.52. The number of benzene rings is 1. The topological polar surface area (TPSA) is 48.8 Å². The molecule has 0 saturated heterocycles. The summed E-state index contributed by atoms with van der Waals surface area (Å²) in [4.78, 5) is 2.72. The van der Waals surface area contributed by atoms with Crippen molar-refractivity contribution >= 4 is 6.08 Å². The van der Waals surface area contributed by atoms with Crippen LogP contribution in [0.5, 0.6) is 0 Å². The van der Waals surface area contributed by atoms with Crippen molar-refractivity contribution in [1.82, 2.24) is 0 Å². The molecule has 0 saturated carbocycles. The van der Waals surface area contributed by atoms with E-state index in [0.717, 1.165) is 6.42 Å². The van der Waals surface area contributed by atoms with Gasteiger partial charge in [0, 0.05) is 11.5 Å². The predicted octanol–water partition coefficient (Wildman–Crippen LogP) is 4.70. The van der Waals surface area contributed by atoms with E-state index in [4.69, 9.17) is 5.53 Å². The zero-order valence-electron chi connectivity index (χ0n) is 10.7. The Bertz CT molecular complexity index is 435. The highest BCUT2D eigenvalue weighted by molar-refractivity contribution is 5.51. The fourth-order valence-electron chi connectivity index (χ4n) is 1.51. The highest BCUT2D eigenvalue weighted by Crippen LogP contribution is 2.23. The molecule has 17 heavy (non-hydrogen) atoms. The summed E-state index contributed by atoms with van der Waals surface area (Å²) < 4.78 is 0.